The number of aliphatic imine (C=N–C) groups is 1. The average Bonchev–Trinajstić information content (AvgIpc) is 3.20. The second-order valence-corrected chi connectivity index (χ2v) is 6.52. The van der Waals surface area contributed by atoms with Gasteiger partial charge in [-0.15, -0.1) is 0 Å². The molecule has 5 rings (SSSR count). The molecule has 122 valence electrons. The molecule has 0 saturated heterocycles. The van der Waals surface area contributed by atoms with E-state index in [4.69, 9.17) is 21.3 Å². The van der Waals surface area contributed by atoms with E-state index in [-0.39, 0.29) is 5.97 Å². The number of ether oxygens (including phenoxy) is 1. The molecule has 0 spiro atoms. The number of carbonyl (C=O) groups excluding carboxylic acids is 1. The molecule has 0 bridgehead atoms. The molecule has 0 aliphatic carbocycles. The van der Waals surface area contributed by atoms with Crippen LogP contribution < -0.4 is 0 Å². The molecular formula is C20H13ClN2O2. The number of rotatable bonds is 1. The van der Waals surface area contributed by atoms with Crippen molar-refractivity contribution in [3.8, 4) is 5.69 Å². The van der Waals surface area contributed by atoms with Gasteiger partial charge in [0, 0.05) is 27.9 Å². The third-order valence-electron chi connectivity index (χ3n) is 4.70. The molecule has 25 heavy (non-hydrogen) atoms. The Balaban J connectivity index is 1.71. The minimum absolute atomic E-state index is 0.271. The van der Waals surface area contributed by atoms with Gasteiger partial charge in [0.2, 0.25) is 0 Å². The number of halogens is 1. The fraction of sp³-hybridized carbons (Fsp3) is 0.100. The molecule has 5 heteroatoms. The summed E-state index contributed by atoms with van der Waals surface area (Å²) in [7, 11) is 0. The summed E-state index contributed by atoms with van der Waals surface area (Å²) in [5, 5.41) is 0.708. The second-order valence-electron chi connectivity index (χ2n) is 6.11. The zero-order valence-electron chi connectivity index (χ0n) is 13.2. The maximum Gasteiger partial charge on any atom is 0.338 e. The Hall–Kier alpha value is -2.85. The summed E-state index contributed by atoms with van der Waals surface area (Å²) in [4.78, 5) is 16.7. The lowest BCUT2D eigenvalue weighted by Gasteiger charge is -2.11. The first kappa shape index (κ1) is 14.5. The Bertz CT molecular complexity index is 1070. The fourth-order valence-electron chi connectivity index (χ4n) is 3.45. The minimum Gasteiger partial charge on any atom is -0.457 e. The average molecular weight is 349 g/mol. The van der Waals surface area contributed by atoms with Crippen LogP contribution in [0.2, 0.25) is 5.02 Å². The zero-order valence-corrected chi connectivity index (χ0v) is 14.0. The molecule has 3 aromatic rings. The van der Waals surface area contributed by atoms with Gasteiger partial charge in [-0.25, -0.2) is 4.79 Å². The molecule has 1 aromatic heterocycles. The van der Waals surface area contributed by atoms with Gasteiger partial charge >= 0.3 is 5.97 Å². The van der Waals surface area contributed by atoms with Gasteiger partial charge in [0.05, 0.1) is 29.2 Å². The second kappa shape index (κ2) is 5.33. The lowest BCUT2D eigenvalue weighted by atomic mass is 10.0. The van der Waals surface area contributed by atoms with E-state index in [0.717, 1.165) is 33.8 Å². The smallest absolute Gasteiger partial charge is 0.338 e. The number of benzene rings is 2. The van der Waals surface area contributed by atoms with Crippen LogP contribution in [0.25, 0.3) is 5.69 Å². The number of fused-ring (bicyclic) bond motifs is 4. The zero-order chi connectivity index (χ0) is 17.0. The summed E-state index contributed by atoms with van der Waals surface area (Å²) in [6.45, 7) is 0.839. The third-order valence-corrected chi connectivity index (χ3v) is 5.06. The van der Waals surface area contributed by atoms with Crippen LogP contribution in [0.5, 0.6) is 0 Å². The number of carbonyl (C=O) groups is 1. The monoisotopic (exact) mass is 348 g/mol. The summed E-state index contributed by atoms with van der Waals surface area (Å²) >= 11 is 6.39. The Kier molecular flexibility index (Phi) is 3.09. The van der Waals surface area contributed by atoms with Gasteiger partial charge < -0.3 is 9.30 Å². The van der Waals surface area contributed by atoms with Crippen molar-refractivity contribution in [3.05, 3.63) is 87.7 Å². The molecule has 4 nitrogen and oxygen atoms in total. The molecule has 0 amide bonds. The summed E-state index contributed by atoms with van der Waals surface area (Å²) in [5.41, 5.74) is 6.31. The van der Waals surface area contributed by atoms with E-state index in [1.807, 2.05) is 54.7 Å². The number of esters is 1. The molecule has 0 radical (unpaired) electrons. The van der Waals surface area contributed by atoms with E-state index >= 15 is 0 Å². The van der Waals surface area contributed by atoms with Crippen LogP contribution in [-0.2, 0) is 17.9 Å². The van der Waals surface area contributed by atoms with Crippen LogP contribution >= 0.6 is 11.6 Å². The van der Waals surface area contributed by atoms with Gasteiger partial charge in [0.1, 0.15) is 6.61 Å². The number of nitrogens with zero attached hydrogens (tertiary/aromatic N) is 2. The van der Waals surface area contributed by atoms with Crippen molar-refractivity contribution in [2.24, 2.45) is 4.99 Å². The van der Waals surface area contributed by atoms with E-state index in [2.05, 4.69) is 4.57 Å². The molecular weight excluding hydrogens is 336 g/mol. The number of cyclic esters (lactones) is 1. The highest BCUT2D eigenvalue weighted by atomic mass is 35.5. The van der Waals surface area contributed by atoms with Gasteiger partial charge in [-0.05, 0) is 30.3 Å². The van der Waals surface area contributed by atoms with Crippen molar-refractivity contribution in [3.63, 3.8) is 0 Å². The van der Waals surface area contributed by atoms with E-state index in [9.17, 15) is 4.79 Å². The Morgan fingerprint density at radius 1 is 1.12 bits per heavy atom. The normalized spacial score (nSPS) is 14.9. The van der Waals surface area contributed by atoms with Crippen LogP contribution in [0.4, 0.5) is 0 Å². The molecule has 0 unspecified atom stereocenters. The summed E-state index contributed by atoms with van der Waals surface area (Å²) < 4.78 is 7.21. The topological polar surface area (TPSA) is 43.6 Å². The molecule has 0 atom stereocenters. The maximum absolute atomic E-state index is 11.9. The van der Waals surface area contributed by atoms with Crippen molar-refractivity contribution in [1.82, 2.24) is 4.57 Å². The Labute approximate surface area is 149 Å². The first-order chi connectivity index (χ1) is 12.2. The summed E-state index contributed by atoms with van der Waals surface area (Å²) in [6, 6.07) is 15.7. The number of hydrogen-bond donors (Lipinski definition) is 0. The Morgan fingerprint density at radius 2 is 2.04 bits per heavy atom. The molecule has 3 heterocycles. The standard InChI is InChI=1S/C20H13ClN2O2/c21-16-3-1-4-17-15(16)10-22-19(18-5-2-8-23(17)18)12-6-7-13-11-25-20(24)14(13)9-12/h1-9H,10-11H2. The molecule has 0 fully saturated rings. The molecule has 2 aliphatic rings. The van der Waals surface area contributed by atoms with E-state index in [1.165, 1.54) is 0 Å². The molecule has 2 aliphatic heterocycles. The summed E-state index contributed by atoms with van der Waals surface area (Å²) in [5.74, 6) is -0.271. The lowest BCUT2D eigenvalue weighted by molar-refractivity contribution is 0.0535. The maximum atomic E-state index is 11.9. The molecule has 0 N–H and O–H groups in total. The predicted octanol–water partition coefficient (Wildman–Crippen LogP) is 4.15. The molecule has 2 aromatic carbocycles. The van der Waals surface area contributed by atoms with Gasteiger partial charge in [-0.3, -0.25) is 4.99 Å². The van der Waals surface area contributed by atoms with E-state index in [1.54, 1.807) is 0 Å². The first-order valence-corrected chi connectivity index (χ1v) is 8.40. The predicted molar refractivity (Wildman–Crippen MR) is 95.7 cm³/mol. The fourth-order valence-corrected chi connectivity index (χ4v) is 3.68. The minimum atomic E-state index is -0.271. The first-order valence-electron chi connectivity index (χ1n) is 8.03. The lowest BCUT2D eigenvalue weighted by Crippen LogP contribution is -2.09. The van der Waals surface area contributed by atoms with Crippen molar-refractivity contribution >= 4 is 23.3 Å². The quantitative estimate of drug-likeness (QED) is 0.620. The van der Waals surface area contributed by atoms with Crippen LogP contribution in [0.15, 0.2) is 59.7 Å². The number of aromatic nitrogens is 1. The van der Waals surface area contributed by atoms with Crippen LogP contribution in [0.1, 0.15) is 32.7 Å². The van der Waals surface area contributed by atoms with E-state index in [0.29, 0.717) is 23.7 Å². The highest BCUT2D eigenvalue weighted by molar-refractivity contribution is 6.31. The summed E-state index contributed by atoms with van der Waals surface area (Å²) in [6.07, 6.45) is 2.01. The van der Waals surface area contributed by atoms with Gasteiger partial charge in [-0.2, -0.15) is 0 Å². The highest BCUT2D eigenvalue weighted by Gasteiger charge is 2.24. The SMILES string of the molecule is O=C1OCc2ccc(C3=NCc4c(Cl)cccc4-n4cccc43)cc21. The largest absolute Gasteiger partial charge is 0.457 e. The van der Waals surface area contributed by atoms with Gasteiger partial charge in [0.25, 0.3) is 0 Å². The van der Waals surface area contributed by atoms with Gasteiger partial charge in [-0.1, -0.05) is 29.8 Å². The highest BCUT2D eigenvalue weighted by Crippen LogP contribution is 2.30. The van der Waals surface area contributed by atoms with Crippen LogP contribution in [-0.4, -0.2) is 16.2 Å². The van der Waals surface area contributed by atoms with Crippen molar-refractivity contribution in [1.29, 1.82) is 0 Å². The van der Waals surface area contributed by atoms with Crippen molar-refractivity contribution < 1.29 is 9.53 Å². The van der Waals surface area contributed by atoms with E-state index < -0.39 is 0 Å². The van der Waals surface area contributed by atoms with Crippen LogP contribution in [0.3, 0.4) is 0 Å². The van der Waals surface area contributed by atoms with Crippen LogP contribution in [0, 0.1) is 0 Å². The van der Waals surface area contributed by atoms with Gasteiger partial charge in [0.15, 0.2) is 0 Å². The molecule has 0 saturated carbocycles. The third kappa shape index (κ3) is 2.14. The number of hydrogen-bond acceptors (Lipinski definition) is 3. The Morgan fingerprint density at radius 3 is 2.96 bits per heavy atom. The van der Waals surface area contributed by atoms with Crippen molar-refractivity contribution in [2.45, 2.75) is 13.2 Å². The van der Waals surface area contributed by atoms with Crippen molar-refractivity contribution in [2.75, 3.05) is 0 Å².